The fourth-order valence-electron chi connectivity index (χ4n) is 1.14. The minimum absolute atomic E-state index is 0.252. The third kappa shape index (κ3) is 10.1. The Morgan fingerprint density at radius 2 is 2.08 bits per heavy atom. The van der Waals surface area contributed by atoms with Crippen molar-refractivity contribution in [1.29, 1.82) is 0 Å². The van der Waals surface area contributed by atoms with Gasteiger partial charge in [0.05, 0.1) is 6.61 Å². The normalized spacial score (nSPS) is 13.6. The monoisotopic (exact) mass is 207 g/mol. The van der Waals surface area contributed by atoms with Crippen LogP contribution in [-0.2, 0) is 4.74 Å². The Morgan fingerprint density at radius 3 is 2.62 bits per heavy atom. The second-order valence-corrected chi connectivity index (χ2v) is 4.25. The Morgan fingerprint density at radius 1 is 1.38 bits per heavy atom. The zero-order chi connectivity index (χ0) is 10.1. The SMILES string of the molecule is CCOCCNCC(Cl)CC(C)C. The van der Waals surface area contributed by atoms with Crippen LogP contribution in [0.1, 0.15) is 27.2 Å². The number of halogens is 1. The molecule has 0 saturated heterocycles. The summed E-state index contributed by atoms with van der Waals surface area (Å²) in [4.78, 5) is 0. The van der Waals surface area contributed by atoms with Gasteiger partial charge in [-0.25, -0.2) is 0 Å². The van der Waals surface area contributed by atoms with Crippen LogP contribution in [0.4, 0.5) is 0 Å². The summed E-state index contributed by atoms with van der Waals surface area (Å²) in [5.74, 6) is 0.677. The smallest absolute Gasteiger partial charge is 0.0590 e. The maximum absolute atomic E-state index is 6.09. The first-order valence-electron chi connectivity index (χ1n) is 5.09. The fraction of sp³-hybridized carbons (Fsp3) is 1.00. The van der Waals surface area contributed by atoms with Crippen molar-refractivity contribution in [3.05, 3.63) is 0 Å². The van der Waals surface area contributed by atoms with Gasteiger partial charge in [-0.15, -0.1) is 11.6 Å². The molecule has 0 aromatic heterocycles. The van der Waals surface area contributed by atoms with E-state index in [0.29, 0.717) is 5.92 Å². The van der Waals surface area contributed by atoms with Gasteiger partial charge in [-0.1, -0.05) is 13.8 Å². The van der Waals surface area contributed by atoms with E-state index in [9.17, 15) is 0 Å². The summed E-state index contributed by atoms with van der Waals surface area (Å²) in [6, 6.07) is 0. The first-order chi connectivity index (χ1) is 6.16. The zero-order valence-corrected chi connectivity index (χ0v) is 9.73. The lowest BCUT2D eigenvalue weighted by Crippen LogP contribution is -2.27. The highest BCUT2D eigenvalue weighted by Crippen LogP contribution is 2.09. The number of alkyl halides is 1. The molecule has 0 spiro atoms. The van der Waals surface area contributed by atoms with Gasteiger partial charge in [0.25, 0.3) is 0 Å². The maximum Gasteiger partial charge on any atom is 0.0590 e. The van der Waals surface area contributed by atoms with Crippen molar-refractivity contribution >= 4 is 11.6 Å². The van der Waals surface area contributed by atoms with Crippen molar-refractivity contribution in [3.8, 4) is 0 Å². The van der Waals surface area contributed by atoms with Gasteiger partial charge in [-0.3, -0.25) is 0 Å². The third-order valence-corrected chi connectivity index (χ3v) is 2.05. The molecule has 0 aliphatic heterocycles. The molecule has 0 radical (unpaired) electrons. The van der Waals surface area contributed by atoms with Gasteiger partial charge in [0, 0.05) is 25.1 Å². The summed E-state index contributed by atoms with van der Waals surface area (Å²) in [6.07, 6.45) is 1.07. The van der Waals surface area contributed by atoms with Gasteiger partial charge in [-0.05, 0) is 19.3 Å². The van der Waals surface area contributed by atoms with E-state index >= 15 is 0 Å². The maximum atomic E-state index is 6.09. The predicted molar refractivity (Wildman–Crippen MR) is 58.5 cm³/mol. The first-order valence-corrected chi connectivity index (χ1v) is 5.53. The molecular weight excluding hydrogens is 186 g/mol. The molecule has 1 atom stereocenters. The third-order valence-electron chi connectivity index (χ3n) is 1.72. The highest BCUT2D eigenvalue weighted by Gasteiger charge is 2.05. The van der Waals surface area contributed by atoms with E-state index in [0.717, 1.165) is 32.7 Å². The summed E-state index contributed by atoms with van der Waals surface area (Å²) in [5, 5.41) is 3.52. The molecule has 0 bridgehead atoms. The van der Waals surface area contributed by atoms with Crippen molar-refractivity contribution in [2.24, 2.45) is 5.92 Å². The Hall–Kier alpha value is 0.210. The van der Waals surface area contributed by atoms with Gasteiger partial charge in [-0.2, -0.15) is 0 Å². The van der Waals surface area contributed by atoms with Crippen LogP contribution in [0.15, 0.2) is 0 Å². The molecule has 0 rings (SSSR count). The first kappa shape index (κ1) is 13.2. The number of hydrogen-bond donors (Lipinski definition) is 1. The largest absolute Gasteiger partial charge is 0.380 e. The van der Waals surface area contributed by atoms with E-state index in [1.54, 1.807) is 0 Å². The standard InChI is InChI=1S/C10H22ClNO/c1-4-13-6-5-12-8-10(11)7-9(2)3/h9-10,12H,4-8H2,1-3H3. The van der Waals surface area contributed by atoms with Gasteiger partial charge in [0.15, 0.2) is 0 Å². The second-order valence-electron chi connectivity index (χ2n) is 3.63. The van der Waals surface area contributed by atoms with Crippen LogP contribution in [0.3, 0.4) is 0 Å². The topological polar surface area (TPSA) is 21.3 Å². The fourth-order valence-corrected chi connectivity index (χ4v) is 1.61. The van der Waals surface area contributed by atoms with Crippen molar-refractivity contribution in [3.63, 3.8) is 0 Å². The van der Waals surface area contributed by atoms with Crippen molar-refractivity contribution in [2.45, 2.75) is 32.6 Å². The second kappa shape index (κ2) is 8.79. The molecule has 0 heterocycles. The van der Waals surface area contributed by atoms with Crippen LogP contribution >= 0.6 is 11.6 Å². The molecule has 1 N–H and O–H groups in total. The molecule has 0 aliphatic carbocycles. The van der Waals surface area contributed by atoms with E-state index in [1.165, 1.54) is 0 Å². The van der Waals surface area contributed by atoms with Crippen LogP contribution < -0.4 is 5.32 Å². The summed E-state index contributed by atoms with van der Waals surface area (Å²) in [6.45, 7) is 9.73. The van der Waals surface area contributed by atoms with Crippen molar-refractivity contribution in [2.75, 3.05) is 26.3 Å². The van der Waals surface area contributed by atoms with Gasteiger partial charge in [0.1, 0.15) is 0 Å². The van der Waals surface area contributed by atoms with Crippen LogP contribution in [0.5, 0.6) is 0 Å². The van der Waals surface area contributed by atoms with Gasteiger partial charge >= 0.3 is 0 Å². The van der Waals surface area contributed by atoms with Crippen molar-refractivity contribution in [1.82, 2.24) is 5.32 Å². The Labute approximate surface area is 87.0 Å². The summed E-state index contributed by atoms with van der Waals surface area (Å²) < 4.78 is 5.19. The molecule has 80 valence electrons. The van der Waals surface area contributed by atoms with E-state index in [-0.39, 0.29) is 5.38 Å². The minimum Gasteiger partial charge on any atom is -0.380 e. The number of rotatable bonds is 8. The van der Waals surface area contributed by atoms with Crippen LogP contribution in [0.2, 0.25) is 0 Å². The Bertz CT molecular complexity index is 109. The van der Waals surface area contributed by atoms with Crippen LogP contribution in [0, 0.1) is 5.92 Å². The molecule has 2 nitrogen and oxygen atoms in total. The molecule has 0 aromatic carbocycles. The summed E-state index contributed by atoms with van der Waals surface area (Å²) in [5.41, 5.74) is 0. The van der Waals surface area contributed by atoms with E-state index in [2.05, 4.69) is 19.2 Å². The number of hydrogen-bond acceptors (Lipinski definition) is 2. The molecule has 0 fully saturated rings. The predicted octanol–water partition coefficient (Wildman–Crippen LogP) is 2.27. The average molecular weight is 208 g/mol. The van der Waals surface area contributed by atoms with Crippen LogP contribution in [-0.4, -0.2) is 31.7 Å². The van der Waals surface area contributed by atoms with Gasteiger partial charge in [0.2, 0.25) is 0 Å². The van der Waals surface area contributed by atoms with Crippen LogP contribution in [0.25, 0.3) is 0 Å². The molecule has 0 saturated carbocycles. The zero-order valence-electron chi connectivity index (χ0n) is 8.98. The highest BCUT2D eigenvalue weighted by atomic mass is 35.5. The average Bonchev–Trinajstić information content (AvgIpc) is 2.02. The Kier molecular flexibility index (Phi) is 8.93. The number of nitrogens with one attached hydrogen (secondary N) is 1. The molecule has 3 heteroatoms. The minimum atomic E-state index is 0.252. The molecule has 1 unspecified atom stereocenters. The summed E-state index contributed by atoms with van der Waals surface area (Å²) in [7, 11) is 0. The Balaban J connectivity index is 3.12. The summed E-state index contributed by atoms with van der Waals surface area (Å²) >= 11 is 6.09. The lowest BCUT2D eigenvalue weighted by molar-refractivity contribution is 0.149. The molecule has 0 aromatic rings. The molecule has 0 aliphatic rings. The van der Waals surface area contributed by atoms with E-state index < -0.39 is 0 Å². The van der Waals surface area contributed by atoms with E-state index in [4.69, 9.17) is 16.3 Å². The highest BCUT2D eigenvalue weighted by molar-refractivity contribution is 6.20. The molecule has 13 heavy (non-hydrogen) atoms. The lowest BCUT2D eigenvalue weighted by atomic mass is 10.1. The lowest BCUT2D eigenvalue weighted by Gasteiger charge is -2.12. The van der Waals surface area contributed by atoms with Crippen molar-refractivity contribution < 1.29 is 4.74 Å². The van der Waals surface area contributed by atoms with E-state index in [1.807, 2.05) is 6.92 Å². The quantitative estimate of drug-likeness (QED) is 0.487. The van der Waals surface area contributed by atoms with Gasteiger partial charge < -0.3 is 10.1 Å². The molecule has 0 amide bonds. The number of ether oxygens (including phenoxy) is 1. The molecular formula is C10H22ClNO.